The van der Waals surface area contributed by atoms with Crippen LogP contribution in [0, 0.1) is 5.82 Å². The molecule has 2 aromatic carbocycles. The van der Waals surface area contributed by atoms with Crippen molar-refractivity contribution in [1.29, 1.82) is 0 Å². The summed E-state index contributed by atoms with van der Waals surface area (Å²) in [5.41, 5.74) is 0.580. The molecule has 0 saturated heterocycles. The molecule has 29 heavy (non-hydrogen) atoms. The van der Waals surface area contributed by atoms with Crippen LogP contribution in [0.15, 0.2) is 76.2 Å². The third-order valence-corrected chi connectivity index (χ3v) is 4.60. The molecule has 8 heteroatoms. The van der Waals surface area contributed by atoms with Gasteiger partial charge in [0.05, 0.1) is 11.6 Å². The van der Waals surface area contributed by atoms with Gasteiger partial charge in [-0.2, -0.15) is 4.98 Å². The van der Waals surface area contributed by atoms with Gasteiger partial charge in [0, 0.05) is 17.3 Å². The van der Waals surface area contributed by atoms with Crippen LogP contribution in [0.4, 0.5) is 4.39 Å². The van der Waals surface area contributed by atoms with Crippen molar-refractivity contribution >= 4 is 17.4 Å². The average molecular weight is 410 g/mol. The molecule has 4 rings (SSSR count). The first-order valence-corrected chi connectivity index (χ1v) is 8.98. The third kappa shape index (κ3) is 3.86. The van der Waals surface area contributed by atoms with Crippen molar-refractivity contribution in [3.63, 3.8) is 0 Å². The molecule has 0 aliphatic heterocycles. The van der Waals surface area contributed by atoms with Gasteiger partial charge in [0.1, 0.15) is 11.4 Å². The predicted octanol–water partition coefficient (Wildman–Crippen LogP) is 4.24. The first-order valence-electron chi connectivity index (χ1n) is 8.60. The molecule has 0 spiro atoms. The van der Waals surface area contributed by atoms with Crippen LogP contribution in [0.1, 0.15) is 10.4 Å². The molecule has 0 amide bonds. The highest BCUT2D eigenvalue weighted by Crippen LogP contribution is 2.26. The van der Waals surface area contributed by atoms with Crippen LogP contribution < -0.4 is 5.56 Å². The number of hydrogen-bond donors (Lipinski definition) is 0. The first-order chi connectivity index (χ1) is 14.0. The smallest absolute Gasteiger partial charge is 0.263 e. The van der Waals surface area contributed by atoms with Gasteiger partial charge in [0.2, 0.25) is 5.82 Å². The van der Waals surface area contributed by atoms with Gasteiger partial charge in [-0.05, 0) is 48.5 Å². The molecule has 0 N–H and O–H groups in total. The zero-order valence-electron chi connectivity index (χ0n) is 14.9. The minimum Gasteiger partial charge on any atom is -0.333 e. The van der Waals surface area contributed by atoms with E-state index in [0.29, 0.717) is 16.1 Å². The van der Waals surface area contributed by atoms with Crippen LogP contribution in [-0.4, -0.2) is 20.5 Å². The summed E-state index contributed by atoms with van der Waals surface area (Å²) in [4.78, 5) is 29.5. The molecule has 0 atom stereocenters. The second kappa shape index (κ2) is 7.81. The van der Waals surface area contributed by atoms with Crippen LogP contribution in [-0.2, 0) is 6.54 Å². The molecule has 2 aromatic heterocycles. The molecule has 144 valence electrons. The van der Waals surface area contributed by atoms with Crippen LogP contribution >= 0.6 is 11.6 Å². The molecule has 6 nitrogen and oxygen atoms in total. The highest BCUT2D eigenvalue weighted by atomic mass is 35.5. The van der Waals surface area contributed by atoms with E-state index in [1.54, 1.807) is 30.3 Å². The zero-order chi connectivity index (χ0) is 20.4. The maximum Gasteiger partial charge on any atom is 0.263 e. The van der Waals surface area contributed by atoms with Gasteiger partial charge in [-0.3, -0.25) is 9.59 Å². The van der Waals surface area contributed by atoms with Crippen LogP contribution in [0.5, 0.6) is 0 Å². The number of Topliss-reactive ketones (excluding diaryl/α,β-unsaturated/α-hetero) is 1. The Kier molecular flexibility index (Phi) is 5.05. The fraction of sp³-hybridized carbons (Fsp3) is 0.0476. The Morgan fingerprint density at radius 2 is 1.76 bits per heavy atom. The minimum absolute atomic E-state index is 0.0218. The number of rotatable bonds is 5. The lowest BCUT2D eigenvalue weighted by Crippen LogP contribution is -2.25. The monoisotopic (exact) mass is 409 g/mol. The number of halogens is 2. The van der Waals surface area contributed by atoms with Gasteiger partial charge in [-0.25, -0.2) is 4.39 Å². The molecule has 0 unspecified atom stereocenters. The highest BCUT2D eigenvalue weighted by molar-refractivity contribution is 6.33. The summed E-state index contributed by atoms with van der Waals surface area (Å²) in [6.45, 7) is -0.205. The summed E-state index contributed by atoms with van der Waals surface area (Å²) in [7, 11) is 0. The Hall–Kier alpha value is -3.58. The fourth-order valence-corrected chi connectivity index (χ4v) is 3.01. The quantitative estimate of drug-likeness (QED) is 0.461. The fourth-order valence-electron chi connectivity index (χ4n) is 2.79. The van der Waals surface area contributed by atoms with E-state index in [-0.39, 0.29) is 29.6 Å². The van der Waals surface area contributed by atoms with E-state index >= 15 is 0 Å². The third-order valence-electron chi connectivity index (χ3n) is 4.27. The lowest BCUT2D eigenvalue weighted by atomic mass is 10.1. The number of nitrogens with zero attached hydrogens (tertiary/aromatic N) is 3. The lowest BCUT2D eigenvalue weighted by molar-refractivity contribution is 0.0971. The molecule has 0 saturated carbocycles. The summed E-state index contributed by atoms with van der Waals surface area (Å²) in [5.74, 6) is -0.491. The summed E-state index contributed by atoms with van der Waals surface area (Å²) < 4.78 is 19.5. The van der Waals surface area contributed by atoms with E-state index < -0.39 is 11.4 Å². The predicted molar refractivity (Wildman–Crippen MR) is 105 cm³/mol. The summed E-state index contributed by atoms with van der Waals surface area (Å²) >= 11 is 6.15. The Bertz CT molecular complexity index is 1250. The van der Waals surface area contributed by atoms with Crippen LogP contribution in [0.25, 0.3) is 22.8 Å². The van der Waals surface area contributed by atoms with E-state index in [4.69, 9.17) is 16.1 Å². The molecule has 2 heterocycles. The van der Waals surface area contributed by atoms with Crippen molar-refractivity contribution in [3.8, 4) is 22.8 Å². The highest BCUT2D eigenvalue weighted by Gasteiger charge is 2.17. The van der Waals surface area contributed by atoms with E-state index in [2.05, 4.69) is 10.1 Å². The number of pyridine rings is 1. The van der Waals surface area contributed by atoms with Gasteiger partial charge >= 0.3 is 0 Å². The van der Waals surface area contributed by atoms with Gasteiger partial charge in [-0.1, -0.05) is 28.9 Å². The second-order valence-electron chi connectivity index (χ2n) is 6.19. The van der Waals surface area contributed by atoms with E-state index in [1.807, 2.05) is 0 Å². The Balaban J connectivity index is 1.64. The number of carbonyl (C=O) groups excluding carboxylic acids is 1. The van der Waals surface area contributed by atoms with Crippen molar-refractivity contribution in [1.82, 2.24) is 14.7 Å². The Morgan fingerprint density at radius 3 is 2.52 bits per heavy atom. The molecule has 0 fully saturated rings. The zero-order valence-corrected chi connectivity index (χ0v) is 15.6. The minimum atomic E-state index is -0.461. The molecule has 0 bridgehead atoms. The van der Waals surface area contributed by atoms with Crippen LogP contribution in [0.2, 0.25) is 5.02 Å². The Labute approximate surface area is 169 Å². The molecular weight excluding hydrogens is 397 g/mol. The standard InChI is InChI=1S/C21H13ClFN3O3/c22-17-6-2-1-4-15(17)19-24-20(29-25-19)16-5-3-11-26(21(16)28)12-18(27)13-7-9-14(23)10-8-13/h1-11H,12H2. The van der Waals surface area contributed by atoms with Crippen molar-refractivity contribution in [2.24, 2.45) is 0 Å². The molecule has 0 aliphatic rings. The number of benzene rings is 2. The number of aromatic nitrogens is 3. The van der Waals surface area contributed by atoms with Crippen molar-refractivity contribution in [2.45, 2.75) is 6.54 Å². The van der Waals surface area contributed by atoms with Gasteiger partial charge < -0.3 is 9.09 Å². The summed E-state index contributed by atoms with van der Waals surface area (Å²) in [5, 5.41) is 4.34. The largest absolute Gasteiger partial charge is 0.333 e. The van der Waals surface area contributed by atoms with Crippen molar-refractivity contribution in [2.75, 3.05) is 0 Å². The first kappa shape index (κ1) is 18.8. The lowest BCUT2D eigenvalue weighted by Gasteiger charge is -2.06. The van der Waals surface area contributed by atoms with Crippen LogP contribution in [0.3, 0.4) is 0 Å². The SMILES string of the molecule is O=C(Cn1cccc(-c2nc(-c3ccccc3Cl)no2)c1=O)c1ccc(F)cc1. The number of ketones is 1. The van der Waals surface area contributed by atoms with Gasteiger partial charge in [-0.15, -0.1) is 0 Å². The van der Waals surface area contributed by atoms with E-state index in [0.717, 1.165) is 0 Å². The van der Waals surface area contributed by atoms with Crippen molar-refractivity contribution in [3.05, 3.63) is 93.6 Å². The Morgan fingerprint density at radius 1 is 1.03 bits per heavy atom. The molecule has 4 aromatic rings. The molecule has 0 aliphatic carbocycles. The van der Waals surface area contributed by atoms with Crippen molar-refractivity contribution < 1.29 is 13.7 Å². The van der Waals surface area contributed by atoms with E-state index in [9.17, 15) is 14.0 Å². The van der Waals surface area contributed by atoms with E-state index in [1.165, 1.54) is 41.1 Å². The second-order valence-corrected chi connectivity index (χ2v) is 6.60. The molecular formula is C21H13ClFN3O3. The summed E-state index contributed by atoms with van der Waals surface area (Å²) in [6.07, 6.45) is 1.48. The topological polar surface area (TPSA) is 78.0 Å². The molecule has 0 radical (unpaired) electrons. The van der Waals surface area contributed by atoms with Gasteiger partial charge in [0.15, 0.2) is 5.78 Å². The summed E-state index contributed by atoms with van der Waals surface area (Å²) in [6, 6.07) is 15.3. The maximum atomic E-state index is 13.0. The normalized spacial score (nSPS) is 10.8. The average Bonchev–Trinajstić information content (AvgIpc) is 3.20. The maximum absolute atomic E-state index is 13.0. The number of hydrogen-bond acceptors (Lipinski definition) is 5. The van der Waals surface area contributed by atoms with Gasteiger partial charge in [0.25, 0.3) is 11.4 Å². The number of carbonyl (C=O) groups is 1.